The van der Waals surface area contributed by atoms with E-state index in [0.29, 0.717) is 29.2 Å². The van der Waals surface area contributed by atoms with Crippen LogP contribution in [0.1, 0.15) is 47.7 Å². The molecule has 148 valence electrons. The van der Waals surface area contributed by atoms with E-state index in [4.69, 9.17) is 50.3 Å². The molecule has 1 aromatic heterocycles. The number of nitrogens with one attached hydrogen (secondary N) is 1. The number of carbonyl (C=O) groups excluding carboxylic acids is 1. The van der Waals surface area contributed by atoms with Gasteiger partial charge in [0, 0.05) is 22.6 Å². The average molecular weight is 440 g/mol. The number of fused-ring (bicyclic) bond motifs is 1. The van der Waals surface area contributed by atoms with Gasteiger partial charge in [-0.15, -0.1) is 0 Å². The molecule has 1 aliphatic carbocycles. The molecule has 28 heavy (non-hydrogen) atoms. The Morgan fingerprint density at radius 3 is 2.71 bits per heavy atom. The second-order valence-electron chi connectivity index (χ2n) is 7.37. The summed E-state index contributed by atoms with van der Waals surface area (Å²) in [6, 6.07) is 4.62. The minimum absolute atomic E-state index is 0.0654. The van der Waals surface area contributed by atoms with Crippen LogP contribution in [0, 0.1) is 12.3 Å². The number of furan rings is 1. The van der Waals surface area contributed by atoms with Crippen LogP contribution in [0.2, 0.25) is 10.0 Å². The lowest BCUT2D eigenvalue weighted by Crippen LogP contribution is -2.31. The molecule has 1 aliphatic rings. The van der Waals surface area contributed by atoms with Crippen LogP contribution >= 0.6 is 35.4 Å². The second kappa shape index (κ2) is 7.73. The third-order valence-corrected chi connectivity index (χ3v) is 5.00. The molecular weight excluding hydrogens is 421 g/mol. The van der Waals surface area contributed by atoms with Crippen molar-refractivity contribution in [2.24, 2.45) is 16.3 Å². The fourth-order valence-corrected chi connectivity index (χ4v) is 3.72. The number of nitrogens with two attached hydrogens (primary N) is 1. The molecule has 0 unspecified atom stereocenters. The summed E-state index contributed by atoms with van der Waals surface area (Å²) in [7, 11) is 0. The first-order valence-electron chi connectivity index (χ1n) is 8.49. The van der Waals surface area contributed by atoms with E-state index in [-0.39, 0.29) is 27.1 Å². The van der Waals surface area contributed by atoms with Gasteiger partial charge in [-0.05, 0) is 49.2 Å². The summed E-state index contributed by atoms with van der Waals surface area (Å²) in [5.41, 5.74) is 10.2. The molecule has 0 amide bonds. The molecule has 0 bridgehead atoms. The molecule has 0 atom stereocenters. The number of hydrogen-bond acceptors (Lipinski definition) is 5. The van der Waals surface area contributed by atoms with Gasteiger partial charge in [0.1, 0.15) is 11.5 Å². The quantitative estimate of drug-likeness (QED) is 0.313. The van der Waals surface area contributed by atoms with Crippen molar-refractivity contribution >= 4 is 52.2 Å². The van der Waals surface area contributed by atoms with Crippen molar-refractivity contribution in [3.8, 4) is 5.75 Å². The van der Waals surface area contributed by atoms with Crippen molar-refractivity contribution in [3.05, 3.63) is 50.9 Å². The number of nitrogens with zero attached hydrogens (tertiary/aromatic N) is 1. The summed E-state index contributed by atoms with van der Waals surface area (Å²) in [6.45, 7) is 5.97. The Morgan fingerprint density at radius 2 is 2.07 bits per heavy atom. The Bertz CT molecular complexity index is 999. The van der Waals surface area contributed by atoms with Crippen LogP contribution in [0.5, 0.6) is 5.75 Å². The normalized spacial score (nSPS) is 16.5. The highest BCUT2D eigenvalue weighted by Gasteiger charge is 2.36. The maximum atomic E-state index is 12.7. The molecule has 0 aliphatic heterocycles. The molecule has 0 fully saturated rings. The van der Waals surface area contributed by atoms with Gasteiger partial charge in [-0.3, -0.25) is 5.43 Å². The molecule has 2 aromatic rings. The smallest absolute Gasteiger partial charge is 0.379 e. The third kappa shape index (κ3) is 4.32. The molecule has 3 rings (SSSR count). The minimum atomic E-state index is -0.643. The zero-order valence-corrected chi connectivity index (χ0v) is 17.9. The van der Waals surface area contributed by atoms with Crippen LogP contribution in [0.15, 0.2) is 27.7 Å². The maximum Gasteiger partial charge on any atom is 0.379 e. The Labute approximate surface area is 178 Å². The van der Waals surface area contributed by atoms with Gasteiger partial charge in [-0.1, -0.05) is 37.0 Å². The first-order valence-corrected chi connectivity index (χ1v) is 9.66. The number of halogens is 2. The molecular formula is C19H19Cl2N3O3S. The number of hydrogen-bond donors (Lipinski definition) is 2. The van der Waals surface area contributed by atoms with E-state index >= 15 is 0 Å². The average Bonchev–Trinajstić information content (AvgIpc) is 2.90. The largest absolute Gasteiger partial charge is 0.453 e. The van der Waals surface area contributed by atoms with E-state index in [1.54, 1.807) is 13.0 Å². The summed E-state index contributed by atoms with van der Waals surface area (Å²) in [5, 5.41) is 5.06. The summed E-state index contributed by atoms with van der Waals surface area (Å²) >= 11 is 16.8. The second-order valence-corrected chi connectivity index (χ2v) is 8.65. The van der Waals surface area contributed by atoms with Crippen LogP contribution in [0.4, 0.5) is 0 Å². The van der Waals surface area contributed by atoms with Gasteiger partial charge in [0.15, 0.2) is 5.11 Å². The van der Waals surface area contributed by atoms with E-state index in [2.05, 4.69) is 24.4 Å². The lowest BCUT2D eigenvalue weighted by Gasteiger charge is -2.29. The third-order valence-electron chi connectivity index (χ3n) is 4.38. The van der Waals surface area contributed by atoms with Crippen molar-refractivity contribution in [2.45, 2.75) is 33.6 Å². The van der Waals surface area contributed by atoms with E-state index in [1.807, 2.05) is 0 Å². The molecule has 0 radical (unpaired) electrons. The van der Waals surface area contributed by atoms with Crippen LogP contribution in [0.25, 0.3) is 0 Å². The topological polar surface area (TPSA) is 89.8 Å². The summed E-state index contributed by atoms with van der Waals surface area (Å²) in [4.78, 5) is 12.7. The molecule has 3 N–H and O–H groups in total. The standard InChI is InChI=1S/C19H19Cl2N3O3S/c1-9-15-12(23-24-18(22)28)7-19(2,3)8-14(15)26-16(9)17(25)27-13-5-4-10(20)6-11(13)21/h4-6H,7-8H2,1-3H3,(H3,22,24,28)/b23-12-. The predicted octanol–water partition coefficient (Wildman–Crippen LogP) is 4.62. The van der Waals surface area contributed by atoms with Gasteiger partial charge in [0.25, 0.3) is 0 Å². The minimum Gasteiger partial charge on any atom is -0.453 e. The number of esters is 1. The molecule has 1 heterocycles. The fourth-order valence-electron chi connectivity index (χ4n) is 3.23. The van der Waals surface area contributed by atoms with Gasteiger partial charge < -0.3 is 14.9 Å². The molecule has 9 heteroatoms. The maximum absolute atomic E-state index is 12.7. The van der Waals surface area contributed by atoms with Crippen molar-refractivity contribution in [1.29, 1.82) is 0 Å². The van der Waals surface area contributed by atoms with Crippen LogP contribution < -0.4 is 15.9 Å². The number of rotatable bonds is 3. The number of carbonyl (C=O) groups is 1. The monoisotopic (exact) mass is 439 g/mol. The summed E-state index contributed by atoms with van der Waals surface area (Å²) < 4.78 is 11.3. The highest BCUT2D eigenvalue weighted by atomic mass is 35.5. The van der Waals surface area contributed by atoms with Crippen LogP contribution in [0.3, 0.4) is 0 Å². The Balaban J connectivity index is 1.97. The van der Waals surface area contributed by atoms with Crippen LogP contribution in [-0.2, 0) is 6.42 Å². The zero-order chi connectivity index (χ0) is 20.6. The van der Waals surface area contributed by atoms with Gasteiger partial charge >= 0.3 is 5.97 Å². The molecule has 0 spiro atoms. The number of thiocarbonyl (C=S) groups is 1. The number of ether oxygens (including phenoxy) is 1. The van der Waals surface area contributed by atoms with E-state index in [0.717, 1.165) is 11.3 Å². The van der Waals surface area contributed by atoms with Crippen molar-refractivity contribution in [3.63, 3.8) is 0 Å². The number of hydrazone groups is 1. The Morgan fingerprint density at radius 1 is 1.36 bits per heavy atom. The Hall–Kier alpha value is -2.09. The van der Waals surface area contributed by atoms with Crippen molar-refractivity contribution in [2.75, 3.05) is 0 Å². The molecule has 6 nitrogen and oxygen atoms in total. The van der Waals surface area contributed by atoms with Crippen molar-refractivity contribution < 1.29 is 13.9 Å². The summed E-state index contributed by atoms with van der Waals surface area (Å²) in [5.74, 6) is 0.341. The van der Waals surface area contributed by atoms with Gasteiger partial charge in [-0.2, -0.15) is 5.10 Å². The van der Waals surface area contributed by atoms with Crippen LogP contribution in [-0.4, -0.2) is 16.8 Å². The fraction of sp³-hybridized carbons (Fsp3) is 0.316. The van der Waals surface area contributed by atoms with Gasteiger partial charge in [0.2, 0.25) is 5.76 Å². The predicted molar refractivity (Wildman–Crippen MR) is 113 cm³/mol. The molecule has 0 saturated heterocycles. The van der Waals surface area contributed by atoms with E-state index < -0.39 is 5.97 Å². The van der Waals surface area contributed by atoms with Gasteiger partial charge in [-0.25, -0.2) is 4.79 Å². The lowest BCUT2D eigenvalue weighted by atomic mass is 9.75. The highest BCUT2D eigenvalue weighted by Crippen LogP contribution is 2.39. The molecule has 1 aromatic carbocycles. The first kappa shape index (κ1) is 20.6. The SMILES string of the molecule is Cc1c(C(=O)Oc2ccc(Cl)cc2Cl)oc2c1/C(=N\NC(N)=S)CC(C)(C)C2. The molecule has 0 saturated carbocycles. The number of benzene rings is 1. The van der Waals surface area contributed by atoms with E-state index in [1.165, 1.54) is 12.1 Å². The lowest BCUT2D eigenvalue weighted by molar-refractivity contribution is 0.0697. The highest BCUT2D eigenvalue weighted by molar-refractivity contribution is 7.80. The van der Waals surface area contributed by atoms with Gasteiger partial charge in [0.05, 0.1) is 10.7 Å². The zero-order valence-electron chi connectivity index (χ0n) is 15.6. The summed E-state index contributed by atoms with van der Waals surface area (Å²) in [6.07, 6.45) is 1.33. The first-order chi connectivity index (χ1) is 13.1. The Kier molecular flexibility index (Phi) is 5.70. The van der Waals surface area contributed by atoms with E-state index in [9.17, 15) is 4.79 Å². The van der Waals surface area contributed by atoms with Crippen molar-refractivity contribution in [1.82, 2.24) is 5.43 Å².